The summed E-state index contributed by atoms with van der Waals surface area (Å²) in [7, 11) is -6.44. The van der Waals surface area contributed by atoms with Crippen LogP contribution < -0.4 is 8.85 Å². The maximum absolute atomic E-state index is 12.5. The third kappa shape index (κ3) is 10.6. The van der Waals surface area contributed by atoms with Crippen molar-refractivity contribution in [1.82, 2.24) is 0 Å². The predicted octanol–water partition coefficient (Wildman–Crippen LogP) is 12.8. The van der Waals surface area contributed by atoms with Crippen LogP contribution in [0.4, 0.5) is 0 Å². The van der Waals surface area contributed by atoms with Crippen molar-refractivity contribution in [3.8, 4) is 11.5 Å². The fourth-order valence-electron chi connectivity index (χ4n) is 5.37. The molecule has 0 N–H and O–H groups in total. The van der Waals surface area contributed by atoms with Gasteiger partial charge >= 0.3 is 0 Å². The molecule has 0 unspecified atom stereocenters. The molecule has 0 radical (unpaired) electrons. The Kier molecular flexibility index (Phi) is 15.7. The lowest BCUT2D eigenvalue weighted by atomic mass is 9.86. The molecule has 7 heteroatoms. The van der Waals surface area contributed by atoms with Gasteiger partial charge in [-0.05, 0) is 90.9 Å². The maximum atomic E-state index is 12.5. The highest BCUT2D eigenvalue weighted by molar-refractivity contribution is 6.75. The lowest BCUT2D eigenvalue weighted by Gasteiger charge is -2.41. The first kappa shape index (κ1) is 41.1. The first-order valence-corrected chi connectivity index (χ1v) is 26.2. The monoisotopic (exact) mass is 664 g/mol. The molecule has 0 aromatic heterocycles. The van der Waals surface area contributed by atoms with Crippen molar-refractivity contribution in [3.63, 3.8) is 0 Å². The van der Waals surface area contributed by atoms with Gasteiger partial charge in [0.05, 0.1) is 6.10 Å². The molecule has 1 aromatic rings. The van der Waals surface area contributed by atoms with Crippen molar-refractivity contribution in [2.24, 2.45) is 5.92 Å². The summed E-state index contributed by atoms with van der Waals surface area (Å²) in [6, 6.07) is 7.65. The molecule has 0 saturated heterocycles. The highest BCUT2D eigenvalue weighted by Crippen LogP contribution is 2.49. The van der Waals surface area contributed by atoms with Crippen molar-refractivity contribution in [2.45, 2.75) is 188 Å². The molecule has 1 aromatic carbocycles. The molecule has 0 fully saturated rings. The van der Waals surface area contributed by atoms with E-state index >= 15 is 0 Å². The molecule has 4 nitrogen and oxygen atoms in total. The summed E-state index contributed by atoms with van der Waals surface area (Å²) in [5.41, 5.74) is 2.29. The molecule has 0 aliphatic carbocycles. The minimum Gasteiger partial charge on any atom is -0.543 e. The third-order valence-electron chi connectivity index (χ3n) is 11.0. The number of hydrogen-bond donors (Lipinski definition) is 0. The topological polar surface area (TPSA) is 44.8 Å². The summed E-state index contributed by atoms with van der Waals surface area (Å²) in [4.78, 5) is 12.5. The van der Waals surface area contributed by atoms with Crippen LogP contribution in [0.25, 0.3) is 0 Å². The second-order valence-corrected chi connectivity index (χ2v) is 30.6. The summed E-state index contributed by atoms with van der Waals surface area (Å²) in [6.45, 7) is 36.6. The Morgan fingerprint density at radius 3 is 1.41 bits per heavy atom. The zero-order chi connectivity index (χ0) is 34.1. The van der Waals surface area contributed by atoms with Gasteiger partial charge in [-0.25, -0.2) is 0 Å². The lowest BCUT2D eigenvalue weighted by molar-refractivity contribution is -0.113. The fourth-order valence-corrected chi connectivity index (χ4v) is 10.3. The van der Waals surface area contributed by atoms with Gasteiger partial charge in [-0.1, -0.05) is 109 Å². The van der Waals surface area contributed by atoms with E-state index in [0.717, 1.165) is 54.3 Å². The molecule has 2 atom stereocenters. The number of benzene rings is 1. The van der Waals surface area contributed by atoms with Crippen LogP contribution in [0.1, 0.15) is 145 Å². The van der Waals surface area contributed by atoms with Crippen molar-refractivity contribution < 1.29 is 18.1 Å². The fraction of sp³-hybridized carbons (Fsp3) is 0.811. The Bertz CT molecular complexity index is 953. The molecular weight excluding hydrogens is 593 g/mol. The minimum atomic E-state index is -2.21. The molecule has 0 saturated carbocycles. The van der Waals surface area contributed by atoms with Crippen molar-refractivity contribution in [2.75, 3.05) is 0 Å². The van der Waals surface area contributed by atoms with E-state index in [0.29, 0.717) is 5.92 Å². The summed E-state index contributed by atoms with van der Waals surface area (Å²) in [5.74, 6) is 2.04. The Hall–Kier alpha value is -0.899. The molecule has 0 amide bonds. The van der Waals surface area contributed by atoms with Crippen LogP contribution in [0.3, 0.4) is 0 Å². The molecule has 0 spiro atoms. The van der Waals surface area contributed by atoms with E-state index in [1.165, 1.54) is 31.2 Å². The van der Waals surface area contributed by atoms with E-state index in [-0.39, 0.29) is 22.1 Å². The van der Waals surface area contributed by atoms with Crippen molar-refractivity contribution >= 4 is 31.2 Å². The molecule has 1 rings (SSSR count). The number of carbonyl (C=O) groups excluding carboxylic acids is 1. The molecule has 44 heavy (non-hydrogen) atoms. The van der Waals surface area contributed by atoms with Crippen LogP contribution in [0.2, 0.25) is 54.4 Å². The van der Waals surface area contributed by atoms with Crippen LogP contribution in [-0.2, 0) is 9.22 Å². The first-order chi connectivity index (χ1) is 20.2. The molecule has 0 heterocycles. The number of unbranched alkanes of at least 4 members (excludes halogenated alkanes) is 2. The standard InChI is InChI=1S/C37H72O4Si3/c1-17-22-24-30(25-23-18-2)34-32(39-42(13,14)36(7,8)9)26-31(27-33(34)40-43(15,16)37(10,11)12)35(29(6)28-38)41-44(19-3,20-4)21-5/h26-30,35H,17-25H2,1-16H3/t29-,35+/m0/s1. The average Bonchev–Trinajstić information content (AvgIpc) is 2.92. The van der Waals surface area contributed by atoms with Gasteiger partial charge in [0, 0.05) is 11.5 Å². The zero-order valence-corrected chi connectivity index (χ0v) is 35.0. The van der Waals surface area contributed by atoms with Gasteiger partial charge in [-0.3, -0.25) is 0 Å². The largest absolute Gasteiger partial charge is 0.543 e. The number of rotatable bonds is 19. The number of hydrogen-bond acceptors (Lipinski definition) is 4. The first-order valence-electron chi connectivity index (χ1n) is 17.9. The van der Waals surface area contributed by atoms with Gasteiger partial charge in [-0.2, -0.15) is 0 Å². The molecule has 0 aliphatic rings. The van der Waals surface area contributed by atoms with E-state index < -0.39 is 25.0 Å². The minimum absolute atomic E-state index is 0.0454. The van der Waals surface area contributed by atoms with E-state index in [1.807, 2.05) is 6.92 Å². The number of carbonyl (C=O) groups is 1. The van der Waals surface area contributed by atoms with Crippen LogP contribution >= 0.6 is 0 Å². The summed E-state index contributed by atoms with van der Waals surface area (Å²) in [6.07, 6.45) is 7.71. The Morgan fingerprint density at radius 1 is 0.727 bits per heavy atom. The van der Waals surface area contributed by atoms with Gasteiger partial charge in [-0.15, -0.1) is 0 Å². The predicted molar refractivity (Wildman–Crippen MR) is 200 cm³/mol. The highest BCUT2D eigenvalue weighted by atomic mass is 28.4. The highest BCUT2D eigenvalue weighted by Gasteiger charge is 2.43. The van der Waals surface area contributed by atoms with E-state index in [9.17, 15) is 4.79 Å². The molecule has 0 aliphatic heterocycles. The second kappa shape index (κ2) is 16.8. The van der Waals surface area contributed by atoms with Gasteiger partial charge in [0.1, 0.15) is 17.8 Å². The van der Waals surface area contributed by atoms with Crippen molar-refractivity contribution in [3.05, 3.63) is 23.3 Å². The normalized spacial score (nSPS) is 14.9. The quantitative estimate of drug-likeness (QED) is 0.109. The van der Waals surface area contributed by atoms with E-state index in [1.54, 1.807) is 0 Å². The average molecular weight is 665 g/mol. The SMILES string of the molecule is CCCCC(CCCC)c1c(O[Si](C)(C)C(C)(C)C)cc([C@H](O[Si](CC)(CC)CC)[C@@H](C)C=O)cc1O[Si](C)(C)C(C)(C)C. The summed E-state index contributed by atoms with van der Waals surface area (Å²) >= 11 is 0. The number of aldehydes is 1. The van der Waals surface area contributed by atoms with E-state index in [2.05, 4.69) is 114 Å². The van der Waals surface area contributed by atoms with Crippen LogP contribution in [0, 0.1) is 5.92 Å². The third-order valence-corrected chi connectivity index (χ3v) is 24.3. The van der Waals surface area contributed by atoms with Gasteiger partial charge < -0.3 is 18.1 Å². The van der Waals surface area contributed by atoms with E-state index in [4.69, 9.17) is 13.3 Å². The summed E-state index contributed by atoms with van der Waals surface area (Å²) < 4.78 is 21.8. The Labute approximate surface area is 277 Å². The van der Waals surface area contributed by atoms with Gasteiger partial charge in [0.15, 0.2) is 8.32 Å². The molecule has 0 bridgehead atoms. The maximum Gasteiger partial charge on any atom is 0.250 e. The van der Waals surface area contributed by atoms with Crippen molar-refractivity contribution in [1.29, 1.82) is 0 Å². The smallest absolute Gasteiger partial charge is 0.250 e. The summed E-state index contributed by atoms with van der Waals surface area (Å²) in [5, 5.41) is 0.0908. The van der Waals surface area contributed by atoms with Gasteiger partial charge in [0.25, 0.3) is 0 Å². The molecular formula is C37H72O4Si3. The van der Waals surface area contributed by atoms with Crippen LogP contribution in [0.15, 0.2) is 12.1 Å². The van der Waals surface area contributed by atoms with Crippen LogP contribution in [0.5, 0.6) is 11.5 Å². The van der Waals surface area contributed by atoms with Gasteiger partial charge in [0.2, 0.25) is 16.6 Å². The zero-order valence-electron chi connectivity index (χ0n) is 32.0. The molecule has 256 valence electrons. The van der Waals surface area contributed by atoms with Crippen LogP contribution in [-0.4, -0.2) is 31.2 Å². The second-order valence-electron chi connectivity index (χ2n) is 16.4. The Morgan fingerprint density at radius 2 is 1.11 bits per heavy atom. The lowest BCUT2D eigenvalue weighted by Crippen LogP contribution is -2.45. The Balaban J connectivity index is 4.28.